The number of hydrogen-bond donors (Lipinski definition) is 0. The predicted molar refractivity (Wildman–Crippen MR) is 58.6 cm³/mol. The van der Waals surface area contributed by atoms with Gasteiger partial charge in [-0.1, -0.05) is 18.2 Å². The fraction of sp³-hybridized carbons (Fsp3) is 0. The van der Waals surface area contributed by atoms with Crippen molar-refractivity contribution in [1.29, 1.82) is 0 Å². The van der Waals surface area contributed by atoms with E-state index in [-0.39, 0.29) is 5.43 Å². The van der Waals surface area contributed by atoms with Crippen molar-refractivity contribution in [3.8, 4) is 5.75 Å². The Balaban J connectivity index is 2.15. The van der Waals surface area contributed by atoms with Gasteiger partial charge in [0.1, 0.15) is 5.75 Å². The lowest BCUT2D eigenvalue weighted by atomic mass is 10.3. The summed E-state index contributed by atoms with van der Waals surface area (Å²) < 4.78 is 6.27. The van der Waals surface area contributed by atoms with E-state index in [4.69, 9.17) is 4.74 Å². The number of hydrogen-bond acceptors (Lipinski definition) is 3. The Bertz CT molecular complexity index is 525. The molecule has 0 N–H and O–H groups in total. The Labute approximate surface area is 91.7 Å². The summed E-state index contributed by atoms with van der Waals surface area (Å²) in [5.41, 5.74) is -0.149. The first-order chi connectivity index (χ1) is 7.75. The molecule has 0 saturated heterocycles. The van der Waals surface area contributed by atoms with Crippen LogP contribution in [0.4, 0.5) is 4.79 Å². The highest BCUT2D eigenvalue weighted by Gasteiger charge is 2.04. The van der Waals surface area contributed by atoms with Crippen molar-refractivity contribution in [3.63, 3.8) is 0 Å². The molecule has 0 atom stereocenters. The van der Waals surface area contributed by atoms with E-state index in [0.717, 1.165) is 0 Å². The van der Waals surface area contributed by atoms with Crippen molar-refractivity contribution in [2.24, 2.45) is 0 Å². The highest BCUT2D eigenvalue weighted by atomic mass is 16.6. The summed E-state index contributed by atoms with van der Waals surface area (Å²) in [5.74, 6) is 0.464. The van der Waals surface area contributed by atoms with Gasteiger partial charge < -0.3 is 4.74 Å². The minimum absolute atomic E-state index is 0.149. The number of ether oxygens (including phenoxy) is 1. The number of para-hydroxylation sites is 1. The molecule has 0 aliphatic rings. The van der Waals surface area contributed by atoms with Crippen LogP contribution in [0.25, 0.3) is 0 Å². The summed E-state index contributed by atoms with van der Waals surface area (Å²) >= 11 is 0. The van der Waals surface area contributed by atoms with Crippen LogP contribution in [0.1, 0.15) is 0 Å². The molecule has 2 aromatic rings. The van der Waals surface area contributed by atoms with Gasteiger partial charge in [-0.25, -0.2) is 4.79 Å². The second-order valence-electron chi connectivity index (χ2n) is 3.12. The van der Waals surface area contributed by atoms with E-state index in [9.17, 15) is 9.59 Å². The number of rotatable bonds is 1. The van der Waals surface area contributed by atoms with Crippen LogP contribution >= 0.6 is 0 Å². The second kappa shape index (κ2) is 4.44. The van der Waals surface area contributed by atoms with Crippen LogP contribution in [0.5, 0.6) is 5.75 Å². The zero-order valence-electron chi connectivity index (χ0n) is 8.37. The van der Waals surface area contributed by atoms with Gasteiger partial charge in [0, 0.05) is 24.5 Å². The molecule has 4 heteroatoms. The van der Waals surface area contributed by atoms with Gasteiger partial charge in [0.15, 0.2) is 5.43 Å². The third-order valence-corrected chi connectivity index (χ3v) is 1.96. The van der Waals surface area contributed by atoms with Gasteiger partial charge in [0.25, 0.3) is 0 Å². The van der Waals surface area contributed by atoms with Crippen LogP contribution in [0.3, 0.4) is 0 Å². The Morgan fingerprint density at radius 1 is 1.00 bits per heavy atom. The van der Waals surface area contributed by atoms with E-state index in [0.29, 0.717) is 5.75 Å². The topological polar surface area (TPSA) is 48.3 Å². The number of carbonyl (C=O) groups excluding carboxylic acids is 1. The van der Waals surface area contributed by atoms with Crippen molar-refractivity contribution in [2.75, 3.05) is 0 Å². The first kappa shape index (κ1) is 10.2. The average molecular weight is 215 g/mol. The molecule has 2 rings (SSSR count). The van der Waals surface area contributed by atoms with E-state index in [1.807, 2.05) is 6.07 Å². The highest BCUT2D eigenvalue weighted by molar-refractivity contribution is 5.72. The first-order valence-electron chi connectivity index (χ1n) is 4.71. The van der Waals surface area contributed by atoms with Crippen LogP contribution in [0.2, 0.25) is 0 Å². The van der Waals surface area contributed by atoms with Crippen LogP contribution in [-0.4, -0.2) is 10.7 Å². The third kappa shape index (κ3) is 2.36. The molecule has 0 unspecified atom stereocenters. The maximum absolute atomic E-state index is 11.6. The standard InChI is InChI=1S/C12H9NO3/c14-10-6-8-13(9-7-10)12(15)16-11-4-2-1-3-5-11/h1-9H. The molecule has 0 bridgehead atoms. The normalized spacial score (nSPS) is 9.75. The molecule has 0 fully saturated rings. The number of nitrogens with zero attached hydrogens (tertiary/aromatic N) is 1. The fourth-order valence-electron chi connectivity index (χ4n) is 1.18. The number of benzene rings is 1. The average Bonchev–Trinajstić information content (AvgIpc) is 2.31. The molecular weight excluding hydrogens is 206 g/mol. The summed E-state index contributed by atoms with van der Waals surface area (Å²) in [6.45, 7) is 0. The van der Waals surface area contributed by atoms with E-state index in [1.54, 1.807) is 24.3 Å². The molecule has 1 heterocycles. The van der Waals surface area contributed by atoms with Gasteiger partial charge in [-0.15, -0.1) is 0 Å². The molecule has 4 nitrogen and oxygen atoms in total. The minimum Gasteiger partial charge on any atom is -0.410 e. The van der Waals surface area contributed by atoms with Gasteiger partial charge in [0.05, 0.1) is 0 Å². The van der Waals surface area contributed by atoms with E-state index in [2.05, 4.69) is 0 Å². The molecule has 16 heavy (non-hydrogen) atoms. The zero-order valence-corrected chi connectivity index (χ0v) is 8.37. The van der Waals surface area contributed by atoms with Crippen LogP contribution in [0.15, 0.2) is 59.7 Å². The Morgan fingerprint density at radius 2 is 1.62 bits per heavy atom. The Hall–Kier alpha value is -2.36. The van der Waals surface area contributed by atoms with Crippen molar-refractivity contribution >= 4 is 6.09 Å². The molecule has 0 radical (unpaired) electrons. The molecule has 80 valence electrons. The monoisotopic (exact) mass is 215 g/mol. The summed E-state index contributed by atoms with van der Waals surface area (Å²) in [6.07, 6.45) is 2.19. The summed E-state index contributed by atoms with van der Waals surface area (Å²) in [4.78, 5) is 22.4. The maximum Gasteiger partial charge on any atom is 0.423 e. The Morgan fingerprint density at radius 3 is 2.25 bits per heavy atom. The summed E-state index contributed by atoms with van der Waals surface area (Å²) in [7, 11) is 0. The summed E-state index contributed by atoms with van der Waals surface area (Å²) in [6, 6.07) is 11.3. The van der Waals surface area contributed by atoms with E-state index >= 15 is 0 Å². The van der Waals surface area contributed by atoms with Crippen LogP contribution in [0, 0.1) is 0 Å². The van der Waals surface area contributed by atoms with E-state index < -0.39 is 6.09 Å². The summed E-state index contributed by atoms with van der Waals surface area (Å²) in [5, 5.41) is 0. The zero-order chi connectivity index (χ0) is 11.4. The molecular formula is C12H9NO3. The largest absolute Gasteiger partial charge is 0.423 e. The number of pyridine rings is 1. The maximum atomic E-state index is 11.6. The lowest BCUT2D eigenvalue weighted by molar-refractivity contribution is 0.202. The van der Waals surface area contributed by atoms with Gasteiger partial charge in [0.2, 0.25) is 0 Å². The Kier molecular flexibility index (Phi) is 2.82. The van der Waals surface area contributed by atoms with Crippen LogP contribution in [-0.2, 0) is 0 Å². The smallest absolute Gasteiger partial charge is 0.410 e. The van der Waals surface area contributed by atoms with E-state index in [1.165, 1.54) is 29.1 Å². The molecule has 0 amide bonds. The molecule has 0 spiro atoms. The fourth-order valence-corrected chi connectivity index (χ4v) is 1.18. The third-order valence-electron chi connectivity index (χ3n) is 1.96. The first-order valence-corrected chi connectivity index (χ1v) is 4.71. The van der Waals surface area contributed by atoms with Crippen molar-refractivity contribution in [1.82, 2.24) is 4.57 Å². The predicted octanol–water partition coefficient (Wildman–Crippen LogP) is 1.90. The van der Waals surface area contributed by atoms with Gasteiger partial charge in [-0.05, 0) is 12.1 Å². The quantitative estimate of drug-likeness (QED) is 0.729. The second-order valence-corrected chi connectivity index (χ2v) is 3.12. The SMILES string of the molecule is O=C(Oc1ccccc1)n1ccc(=O)cc1. The van der Waals surface area contributed by atoms with Gasteiger partial charge in [-0.3, -0.25) is 9.36 Å². The van der Waals surface area contributed by atoms with Gasteiger partial charge >= 0.3 is 6.09 Å². The molecule has 0 aliphatic heterocycles. The van der Waals surface area contributed by atoms with Crippen molar-refractivity contribution in [2.45, 2.75) is 0 Å². The lowest BCUT2D eigenvalue weighted by Crippen LogP contribution is -2.17. The number of aromatic nitrogens is 1. The molecule has 1 aromatic heterocycles. The lowest BCUT2D eigenvalue weighted by Gasteiger charge is -2.05. The molecule has 0 aliphatic carbocycles. The van der Waals surface area contributed by atoms with Gasteiger partial charge in [-0.2, -0.15) is 0 Å². The van der Waals surface area contributed by atoms with Crippen molar-refractivity contribution in [3.05, 3.63) is 65.1 Å². The number of carbonyl (C=O) groups is 1. The van der Waals surface area contributed by atoms with Crippen LogP contribution < -0.4 is 10.2 Å². The minimum atomic E-state index is -0.550. The van der Waals surface area contributed by atoms with Crippen molar-refractivity contribution < 1.29 is 9.53 Å². The molecule has 1 aromatic carbocycles. The highest BCUT2D eigenvalue weighted by Crippen LogP contribution is 2.09. The molecule has 0 saturated carbocycles.